The fourth-order valence-electron chi connectivity index (χ4n) is 4.76. The van der Waals surface area contributed by atoms with E-state index in [4.69, 9.17) is 4.74 Å². The lowest BCUT2D eigenvalue weighted by Crippen LogP contribution is -2.23. The third-order valence-electron chi connectivity index (χ3n) is 6.54. The first kappa shape index (κ1) is 23.4. The largest absolute Gasteiger partial charge is 0.508 e. The van der Waals surface area contributed by atoms with Gasteiger partial charge in [-0.15, -0.1) is 11.3 Å². The number of nitrogens with zero attached hydrogens (tertiary/aromatic N) is 1. The van der Waals surface area contributed by atoms with Crippen molar-refractivity contribution >= 4 is 27.2 Å². The molecule has 0 amide bonds. The number of aromatic hydroxyl groups is 2. The van der Waals surface area contributed by atoms with Gasteiger partial charge in [-0.3, -0.25) is 4.79 Å². The van der Waals surface area contributed by atoms with Crippen molar-refractivity contribution < 1.29 is 19.7 Å². The van der Waals surface area contributed by atoms with E-state index in [1.54, 1.807) is 42.5 Å². The number of benzene rings is 3. The molecular weight excluding hydrogens is 458 g/mol. The van der Waals surface area contributed by atoms with Crippen molar-refractivity contribution in [1.29, 1.82) is 0 Å². The van der Waals surface area contributed by atoms with Crippen molar-refractivity contribution in [1.82, 2.24) is 4.90 Å². The molecule has 1 aliphatic heterocycles. The summed E-state index contributed by atoms with van der Waals surface area (Å²) in [6, 6.07) is 19.3. The molecule has 5 rings (SSSR count). The molecule has 0 saturated carbocycles. The quantitative estimate of drug-likeness (QED) is 0.285. The van der Waals surface area contributed by atoms with Crippen LogP contribution in [0.4, 0.5) is 0 Å². The predicted molar refractivity (Wildman–Crippen MR) is 141 cm³/mol. The Bertz CT molecular complexity index is 1330. The minimum Gasteiger partial charge on any atom is -0.508 e. The zero-order valence-electron chi connectivity index (χ0n) is 19.7. The highest BCUT2D eigenvalue weighted by atomic mass is 32.1. The van der Waals surface area contributed by atoms with E-state index in [2.05, 4.69) is 11.8 Å². The number of carbonyl (C=O) groups excluding carboxylic acids is 1. The van der Waals surface area contributed by atoms with Crippen LogP contribution in [-0.2, 0) is 0 Å². The van der Waals surface area contributed by atoms with Crippen LogP contribution in [-0.4, -0.2) is 47.1 Å². The van der Waals surface area contributed by atoms with Crippen LogP contribution >= 0.6 is 11.3 Å². The summed E-state index contributed by atoms with van der Waals surface area (Å²) in [5, 5.41) is 20.5. The van der Waals surface area contributed by atoms with Gasteiger partial charge < -0.3 is 19.8 Å². The molecule has 0 radical (unpaired) electrons. The first-order chi connectivity index (χ1) is 17.0. The van der Waals surface area contributed by atoms with Crippen LogP contribution in [0.5, 0.6) is 17.2 Å². The lowest BCUT2D eigenvalue weighted by atomic mass is 9.97. The van der Waals surface area contributed by atoms with Gasteiger partial charge >= 0.3 is 0 Å². The van der Waals surface area contributed by atoms with Crippen molar-refractivity contribution in [3.63, 3.8) is 0 Å². The van der Waals surface area contributed by atoms with Crippen molar-refractivity contribution in [2.24, 2.45) is 5.92 Å². The molecule has 1 fully saturated rings. The molecule has 1 saturated heterocycles. The minimum atomic E-state index is -0.0810. The molecule has 0 bridgehead atoms. The molecule has 6 heteroatoms. The molecule has 1 aromatic heterocycles. The number of thiophene rings is 1. The van der Waals surface area contributed by atoms with Gasteiger partial charge in [-0.1, -0.05) is 6.92 Å². The second kappa shape index (κ2) is 10.1. The third-order valence-corrected chi connectivity index (χ3v) is 7.74. The SMILES string of the molecule is CCCN1CCC(COc2ccc(C(=O)c3c(-c4ccc(O)cc4)sc4cc(O)ccc34)cc2)C1. The number of ketones is 1. The Morgan fingerprint density at radius 2 is 1.77 bits per heavy atom. The van der Waals surface area contributed by atoms with E-state index < -0.39 is 0 Å². The number of fused-ring (bicyclic) bond motifs is 1. The molecule has 180 valence electrons. The van der Waals surface area contributed by atoms with Crippen LogP contribution < -0.4 is 4.74 Å². The Kier molecular flexibility index (Phi) is 6.75. The number of likely N-dealkylation sites (tertiary alicyclic amines) is 1. The maximum absolute atomic E-state index is 13.7. The summed E-state index contributed by atoms with van der Waals surface area (Å²) in [6.07, 6.45) is 2.34. The van der Waals surface area contributed by atoms with Gasteiger partial charge in [-0.25, -0.2) is 0 Å². The first-order valence-corrected chi connectivity index (χ1v) is 12.9. The van der Waals surface area contributed by atoms with Gasteiger partial charge in [0.2, 0.25) is 0 Å². The van der Waals surface area contributed by atoms with Gasteiger partial charge in [0.05, 0.1) is 6.61 Å². The maximum atomic E-state index is 13.7. The van der Waals surface area contributed by atoms with Gasteiger partial charge in [0.1, 0.15) is 17.2 Å². The lowest BCUT2D eigenvalue weighted by Gasteiger charge is -2.15. The van der Waals surface area contributed by atoms with Gasteiger partial charge in [-0.2, -0.15) is 0 Å². The number of rotatable bonds is 8. The van der Waals surface area contributed by atoms with Crippen LogP contribution in [0.1, 0.15) is 35.7 Å². The summed E-state index contributed by atoms with van der Waals surface area (Å²) >= 11 is 1.46. The number of hydrogen-bond acceptors (Lipinski definition) is 6. The zero-order chi connectivity index (χ0) is 24.4. The van der Waals surface area contributed by atoms with E-state index in [0.29, 0.717) is 23.7 Å². The fraction of sp³-hybridized carbons (Fsp3) is 0.276. The minimum absolute atomic E-state index is 0.0810. The van der Waals surface area contributed by atoms with E-state index in [1.165, 1.54) is 17.8 Å². The van der Waals surface area contributed by atoms with E-state index in [1.807, 2.05) is 24.3 Å². The summed E-state index contributed by atoms with van der Waals surface area (Å²) in [4.78, 5) is 17.0. The van der Waals surface area contributed by atoms with E-state index in [0.717, 1.165) is 52.3 Å². The number of phenolic OH excluding ortho intramolecular Hbond substituents is 2. The Morgan fingerprint density at radius 3 is 2.51 bits per heavy atom. The molecule has 4 aromatic rings. The fourth-order valence-corrected chi connectivity index (χ4v) is 5.99. The number of phenols is 2. The molecule has 2 heterocycles. The van der Waals surface area contributed by atoms with Gasteiger partial charge in [-0.05, 0) is 98.2 Å². The van der Waals surface area contributed by atoms with E-state index in [9.17, 15) is 15.0 Å². The molecule has 5 nitrogen and oxygen atoms in total. The highest BCUT2D eigenvalue weighted by Crippen LogP contribution is 2.41. The second-order valence-corrected chi connectivity index (χ2v) is 10.2. The highest BCUT2D eigenvalue weighted by Gasteiger charge is 2.23. The first-order valence-electron chi connectivity index (χ1n) is 12.1. The van der Waals surface area contributed by atoms with Crippen molar-refractivity contribution in [2.75, 3.05) is 26.2 Å². The summed E-state index contributed by atoms with van der Waals surface area (Å²) in [7, 11) is 0. The summed E-state index contributed by atoms with van der Waals surface area (Å²) in [6.45, 7) is 6.28. The van der Waals surface area contributed by atoms with E-state index in [-0.39, 0.29) is 17.3 Å². The molecule has 1 aliphatic rings. The Balaban J connectivity index is 1.38. The molecule has 1 atom stereocenters. The molecule has 35 heavy (non-hydrogen) atoms. The average molecular weight is 488 g/mol. The van der Waals surface area contributed by atoms with Gasteiger partial charge in [0.25, 0.3) is 0 Å². The van der Waals surface area contributed by atoms with Crippen LogP contribution in [0.15, 0.2) is 66.7 Å². The monoisotopic (exact) mass is 487 g/mol. The predicted octanol–water partition coefficient (Wildman–Crippen LogP) is 6.32. The highest BCUT2D eigenvalue weighted by molar-refractivity contribution is 7.22. The topological polar surface area (TPSA) is 70.0 Å². The van der Waals surface area contributed by atoms with Crippen molar-refractivity contribution in [2.45, 2.75) is 19.8 Å². The third kappa shape index (κ3) is 5.04. The number of carbonyl (C=O) groups is 1. The smallest absolute Gasteiger partial charge is 0.195 e. The molecule has 3 aromatic carbocycles. The van der Waals surface area contributed by atoms with Crippen LogP contribution in [0, 0.1) is 5.92 Å². The molecule has 0 spiro atoms. The van der Waals surface area contributed by atoms with Crippen LogP contribution in [0.3, 0.4) is 0 Å². The number of hydrogen-bond donors (Lipinski definition) is 2. The van der Waals surface area contributed by atoms with Crippen LogP contribution in [0.25, 0.3) is 20.5 Å². The molecule has 2 N–H and O–H groups in total. The van der Waals surface area contributed by atoms with Crippen LogP contribution in [0.2, 0.25) is 0 Å². The Morgan fingerprint density at radius 1 is 1.03 bits per heavy atom. The molecule has 1 unspecified atom stereocenters. The molecular formula is C29H29NO4S. The second-order valence-electron chi connectivity index (χ2n) is 9.15. The Hall–Kier alpha value is -3.35. The van der Waals surface area contributed by atoms with Crippen molar-refractivity contribution in [3.8, 4) is 27.7 Å². The normalized spacial score (nSPS) is 16.1. The van der Waals surface area contributed by atoms with Gasteiger partial charge in [0, 0.05) is 38.6 Å². The maximum Gasteiger partial charge on any atom is 0.195 e. The number of ether oxygens (including phenoxy) is 1. The molecule has 0 aliphatic carbocycles. The standard InChI is InChI=1S/C29H29NO4S/c1-2-14-30-15-13-19(17-30)18-34-24-10-5-20(6-11-24)28(33)27-25-12-9-23(32)16-26(25)35-29(27)21-3-7-22(31)8-4-21/h3-12,16,19,31-32H,2,13-15,17-18H2,1H3. The summed E-state index contributed by atoms with van der Waals surface area (Å²) in [5.74, 6) is 1.57. The van der Waals surface area contributed by atoms with E-state index >= 15 is 0 Å². The zero-order valence-corrected chi connectivity index (χ0v) is 20.6. The lowest BCUT2D eigenvalue weighted by molar-refractivity contribution is 0.104. The summed E-state index contributed by atoms with van der Waals surface area (Å²) in [5.41, 5.74) is 2.03. The Labute approximate surface area is 209 Å². The average Bonchev–Trinajstić information content (AvgIpc) is 3.47. The van der Waals surface area contributed by atoms with Crippen molar-refractivity contribution in [3.05, 3.63) is 77.9 Å². The van der Waals surface area contributed by atoms with Gasteiger partial charge in [0.15, 0.2) is 5.78 Å². The summed E-state index contributed by atoms with van der Waals surface area (Å²) < 4.78 is 6.88.